The molecule has 3 N–H and O–H groups in total. The fourth-order valence-corrected chi connectivity index (χ4v) is 5.24. The molecule has 7 heteroatoms. The highest BCUT2D eigenvalue weighted by Gasteiger charge is 2.18. The smallest absolute Gasteiger partial charge is 0.306 e. The zero-order valence-corrected chi connectivity index (χ0v) is 30.9. The Kier molecular flexibility index (Phi) is 33.0. The maximum absolute atomic E-state index is 12.2. The standard InChI is InChI=1S/C41H72O7/c1-4-5-6-7-8-9-10-14-17-20-23-26-30-38(43)39(44)31-28-33-41(46)48-37(34-42)35-47-40(45)32-27-24-21-18-15-12-11-13-16-19-22-25-29-36(2)3/h5-6,8-9,14,17,23,26,36-39,42-44H,4,7,10-13,15-16,18-22,24-25,27-35H2,1-3H3/b6-5-,9-8-,17-14-,26-23-/t37-,38+,39+/m0/s1. The second kappa shape index (κ2) is 34.6. The molecule has 7 nitrogen and oxygen atoms in total. The van der Waals surface area contributed by atoms with E-state index in [0.29, 0.717) is 19.3 Å². The number of unbranched alkanes of at least 4 members (excludes halogenated alkanes) is 11. The van der Waals surface area contributed by atoms with Gasteiger partial charge in [0.1, 0.15) is 6.61 Å². The molecule has 0 radical (unpaired) electrons. The van der Waals surface area contributed by atoms with Gasteiger partial charge in [-0.1, -0.05) is 146 Å². The van der Waals surface area contributed by atoms with Crippen molar-refractivity contribution in [2.24, 2.45) is 5.92 Å². The largest absolute Gasteiger partial charge is 0.462 e. The highest BCUT2D eigenvalue weighted by molar-refractivity contribution is 5.70. The Balaban J connectivity index is 3.83. The maximum Gasteiger partial charge on any atom is 0.306 e. The van der Waals surface area contributed by atoms with Crippen LogP contribution in [0.15, 0.2) is 48.6 Å². The highest BCUT2D eigenvalue weighted by atomic mass is 16.6. The molecule has 0 aliphatic carbocycles. The van der Waals surface area contributed by atoms with E-state index in [1.807, 2.05) is 12.2 Å². The summed E-state index contributed by atoms with van der Waals surface area (Å²) in [6.07, 6.45) is 34.9. The summed E-state index contributed by atoms with van der Waals surface area (Å²) in [5, 5.41) is 30.0. The number of hydrogen-bond acceptors (Lipinski definition) is 7. The summed E-state index contributed by atoms with van der Waals surface area (Å²) in [7, 11) is 0. The molecular formula is C41H72O7. The number of carbonyl (C=O) groups excluding carboxylic acids is 2. The maximum atomic E-state index is 12.2. The van der Waals surface area contributed by atoms with Gasteiger partial charge in [0.2, 0.25) is 0 Å². The molecule has 0 bridgehead atoms. The number of carbonyl (C=O) groups is 2. The van der Waals surface area contributed by atoms with E-state index in [0.717, 1.165) is 50.9 Å². The minimum atomic E-state index is -0.946. The second-order valence-electron chi connectivity index (χ2n) is 13.4. The predicted molar refractivity (Wildman–Crippen MR) is 199 cm³/mol. The number of hydrogen-bond donors (Lipinski definition) is 3. The zero-order valence-electron chi connectivity index (χ0n) is 30.9. The molecule has 0 fully saturated rings. The molecule has 0 aromatic carbocycles. The van der Waals surface area contributed by atoms with Gasteiger partial charge in [-0.15, -0.1) is 0 Å². The van der Waals surface area contributed by atoms with Crippen molar-refractivity contribution < 1.29 is 34.4 Å². The molecule has 3 atom stereocenters. The summed E-state index contributed by atoms with van der Waals surface area (Å²) < 4.78 is 10.5. The molecule has 0 saturated heterocycles. The molecule has 0 unspecified atom stereocenters. The van der Waals surface area contributed by atoms with Gasteiger partial charge in [0.05, 0.1) is 18.8 Å². The van der Waals surface area contributed by atoms with Gasteiger partial charge >= 0.3 is 11.9 Å². The first-order valence-electron chi connectivity index (χ1n) is 19.2. The number of aliphatic hydroxyl groups excluding tert-OH is 3. The van der Waals surface area contributed by atoms with E-state index in [-0.39, 0.29) is 25.4 Å². The lowest BCUT2D eigenvalue weighted by atomic mass is 10.0. The number of aliphatic hydroxyl groups is 3. The third kappa shape index (κ3) is 32.3. The average Bonchev–Trinajstić information content (AvgIpc) is 3.06. The Morgan fingerprint density at radius 2 is 1.06 bits per heavy atom. The van der Waals surface area contributed by atoms with Crippen LogP contribution in [0.4, 0.5) is 0 Å². The highest BCUT2D eigenvalue weighted by Crippen LogP contribution is 2.15. The normalized spacial score (nSPS) is 14.1. The van der Waals surface area contributed by atoms with Crippen molar-refractivity contribution in [1.82, 2.24) is 0 Å². The Morgan fingerprint density at radius 3 is 1.58 bits per heavy atom. The van der Waals surface area contributed by atoms with Gasteiger partial charge in [-0.25, -0.2) is 0 Å². The lowest BCUT2D eigenvalue weighted by Crippen LogP contribution is -2.29. The summed E-state index contributed by atoms with van der Waals surface area (Å²) in [6.45, 7) is 6.10. The lowest BCUT2D eigenvalue weighted by Gasteiger charge is -2.17. The quantitative estimate of drug-likeness (QED) is 0.0360. The van der Waals surface area contributed by atoms with Crippen LogP contribution < -0.4 is 0 Å². The number of ether oxygens (including phenoxy) is 2. The molecule has 0 aliphatic rings. The van der Waals surface area contributed by atoms with Crippen LogP contribution in [0, 0.1) is 5.92 Å². The Labute approximate surface area is 294 Å². The lowest BCUT2D eigenvalue weighted by molar-refractivity contribution is -0.161. The van der Waals surface area contributed by atoms with Crippen molar-refractivity contribution in [1.29, 1.82) is 0 Å². The minimum Gasteiger partial charge on any atom is -0.462 e. The summed E-state index contributed by atoms with van der Waals surface area (Å²) in [6, 6.07) is 0. The molecule has 0 aliphatic heterocycles. The topological polar surface area (TPSA) is 113 Å². The van der Waals surface area contributed by atoms with Crippen molar-refractivity contribution >= 4 is 11.9 Å². The van der Waals surface area contributed by atoms with Crippen molar-refractivity contribution in [2.45, 2.75) is 180 Å². The summed E-state index contributed by atoms with van der Waals surface area (Å²) in [5.41, 5.74) is 0. The third-order valence-electron chi connectivity index (χ3n) is 8.27. The van der Waals surface area contributed by atoms with Crippen molar-refractivity contribution in [3.8, 4) is 0 Å². The van der Waals surface area contributed by atoms with Crippen molar-refractivity contribution in [2.75, 3.05) is 13.2 Å². The van der Waals surface area contributed by atoms with Crippen LogP contribution in [0.25, 0.3) is 0 Å². The number of allylic oxidation sites excluding steroid dienone is 7. The second-order valence-corrected chi connectivity index (χ2v) is 13.4. The molecule has 0 heterocycles. The monoisotopic (exact) mass is 677 g/mol. The summed E-state index contributed by atoms with van der Waals surface area (Å²) in [5.74, 6) is -0.0541. The number of rotatable bonds is 33. The van der Waals surface area contributed by atoms with E-state index < -0.39 is 30.9 Å². The van der Waals surface area contributed by atoms with E-state index in [2.05, 4.69) is 57.2 Å². The molecule has 0 spiro atoms. The van der Waals surface area contributed by atoms with Gasteiger partial charge in [-0.05, 0) is 57.3 Å². The molecule has 0 aromatic rings. The van der Waals surface area contributed by atoms with E-state index in [1.165, 1.54) is 64.2 Å². The van der Waals surface area contributed by atoms with Crippen LogP contribution in [0.1, 0.15) is 162 Å². The first-order chi connectivity index (χ1) is 23.3. The van der Waals surface area contributed by atoms with Gasteiger partial charge in [0.25, 0.3) is 0 Å². The van der Waals surface area contributed by atoms with Crippen LogP contribution >= 0.6 is 0 Å². The third-order valence-corrected chi connectivity index (χ3v) is 8.27. The Morgan fingerprint density at radius 1 is 0.583 bits per heavy atom. The fraction of sp³-hybridized carbons (Fsp3) is 0.756. The van der Waals surface area contributed by atoms with E-state index in [9.17, 15) is 24.9 Å². The molecule has 48 heavy (non-hydrogen) atoms. The molecule has 278 valence electrons. The van der Waals surface area contributed by atoms with Crippen LogP contribution in [-0.2, 0) is 19.1 Å². The van der Waals surface area contributed by atoms with Gasteiger partial charge in [0, 0.05) is 12.8 Å². The molecule has 0 aromatic heterocycles. The average molecular weight is 677 g/mol. The Hall–Kier alpha value is -2.22. The SMILES string of the molecule is CC/C=C\C/C=C\C/C=C\C/C=C\C[C@@H](O)[C@H](O)CCCC(=O)O[C@@H](CO)COC(=O)CCCCCCCCCCCCCCC(C)C. The molecule has 0 rings (SSSR count). The molecular weight excluding hydrogens is 604 g/mol. The Bertz CT molecular complexity index is 861. The summed E-state index contributed by atoms with van der Waals surface area (Å²) in [4.78, 5) is 24.3. The van der Waals surface area contributed by atoms with Gasteiger partial charge in [-0.2, -0.15) is 0 Å². The molecule has 0 saturated carbocycles. The fourth-order valence-electron chi connectivity index (χ4n) is 5.24. The van der Waals surface area contributed by atoms with E-state index in [4.69, 9.17) is 9.47 Å². The van der Waals surface area contributed by atoms with Gasteiger partial charge in [0.15, 0.2) is 6.10 Å². The van der Waals surface area contributed by atoms with Gasteiger partial charge < -0.3 is 24.8 Å². The van der Waals surface area contributed by atoms with Crippen molar-refractivity contribution in [3.63, 3.8) is 0 Å². The minimum absolute atomic E-state index is 0.0383. The van der Waals surface area contributed by atoms with Crippen LogP contribution in [0.2, 0.25) is 0 Å². The number of esters is 2. The predicted octanol–water partition coefficient (Wildman–Crippen LogP) is 9.64. The van der Waals surface area contributed by atoms with Gasteiger partial charge in [-0.3, -0.25) is 9.59 Å². The first-order valence-corrected chi connectivity index (χ1v) is 19.2. The first kappa shape index (κ1) is 45.8. The van der Waals surface area contributed by atoms with Crippen LogP contribution in [0.5, 0.6) is 0 Å². The zero-order chi connectivity index (χ0) is 35.5. The molecule has 0 amide bonds. The van der Waals surface area contributed by atoms with Crippen molar-refractivity contribution in [3.05, 3.63) is 48.6 Å². The summed E-state index contributed by atoms with van der Waals surface area (Å²) >= 11 is 0. The van der Waals surface area contributed by atoms with E-state index in [1.54, 1.807) is 0 Å². The van der Waals surface area contributed by atoms with Crippen LogP contribution in [-0.4, -0.2) is 58.8 Å². The van der Waals surface area contributed by atoms with E-state index >= 15 is 0 Å². The van der Waals surface area contributed by atoms with Crippen LogP contribution in [0.3, 0.4) is 0 Å².